The molecule has 0 aliphatic heterocycles. The third-order valence-electron chi connectivity index (χ3n) is 14.8. The van der Waals surface area contributed by atoms with Gasteiger partial charge in [0.05, 0.1) is 73.0 Å². The van der Waals surface area contributed by atoms with Gasteiger partial charge in [0.2, 0.25) is 0 Å². The second-order valence-electron chi connectivity index (χ2n) is 25.1. The number of esters is 2. The van der Waals surface area contributed by atoms with Crippen molar-refractivity contribution >= 4 is 131 Å². The highest BCUT2D eigenvalue weighted by molar-refractivity contribution is 9.11. The number of hydrogen-bond donors (Lipinski definition) is 4. The zero-order valence-electron chi connectivity index (χ0n) is 65.5. The van der Waals surface area contributed by atoms with Gasteiger partial charge in [-0.2, -0.15) is 0 Å². The molecular weight excluding hydrogens is 1980 g/mol. The number of halogens is 16. The number of aliphatic hydroxyl groups is 3. The summed E-state index contributed by atoms with van der Waals surface area (Å²) in [5, 5.41) is 35.6. The van der Waals surface area contributed by atoms with Crippen molar-refractivity contribution in [2.24, 2.45) is 0 Å². The number of ketones is 4. The van der Waals surface area contributed by atoms with E-state index in [1.807, 2.05) is 60.7 Å². The molecule has 0 aromatic heterocycles. The normalized spacial score (nSPS) is 12.2. The number of rotatable bonds is 36. The van der Waals surface area contributed by atoms with E-state index < -0.39 is 114 Å². The first-order chi connectivity index (χ1) is 56.2. The summed E-state index contributed by atoms with van der Waals surface area (Å²) in [6.45, 7) is 3.97. The summed E-state index contributed by atoms with van der Waals surface area (Å²) >= 11 is 19.2. The number of carbonyl (C=O) groups excluding carboxylic acids is 6. The fourth-order valence-electron chi connectivity index (χ4n) is 9.02. The number of carbonyl (C=O) groups is 6. The Kier molecular flexibility index (Phi) is 51.8. The Hall–Kier alpha value is -7.84. The Balaban J connectivity index is 0.000000475. The second-order valence-corrected chi connectivity index (χ2v) is 30.6. The minimum atomic E-state index is -3.14. The molecule has 0 amide bonds. The van der Waals surface area contributed by atoms with Gasteiger partial charge in [-0.05, 0) is 148 Å². The van der Waals surface area contributed by atoms with Crippen molar-refractivity contribution in [3.63, 3.8) is 0 Å². The van der Waals surface area contributed by atoms with Gasteiger partial charge < -0.3 is 63.1 Å². The molecule has 0 fully saturated rings. The van der Waals surface area contributed by atoms with Crippen LogP contribution in [0.5, 0.6) is 34.5 Å². The topological polar surface area (TPSA) is 266 Å². The Morgan fingerprint density at radius 2 is 0.622 bits per heavy atom. The van der Waals surface area contributed by atoms with Crippen molar-refractivity contribution in [3.05, 3.63) is 241 Å². The molecule has 0 saturated heterocycles. The summed E-state index contributed by atoms with van der Waals surface area (Å²) in [4.78, 5) is 66.6. The van der Waals surface area contributed by atoms with E-state index >= 15 is 0 Å². The van der Waals surface area contributed by atoms with E-state index in [1.165, 1.54) is 84.0 Å². The van der Waals surface area contributed by atoms with Crippen molar-refractivity contribution < 1.29 is 136 Å². The number of ether oxygens (including phenoxy) is 9. The van der Waals surface area contributed by atoms with Crippen LogP contribution in [0.1, 0.15) is 119 Å². The predicted octanol–water partition coefficient (Wildman–Crippen LogP) is 20.9. The third kappa shape index (κ3) is 43.5. The first kappa shape index (κ1) is 107. The molecule has 0 bridgehead atoms. The van der Waals surface area contributed by atoms with E-state index in [1.54, 1.807) is 66.7 Å². The minimum Gasteiger partial charge on any atom is -0.507 e. The summed E-state index contributed by atoms with van der Waals surface area (Å²) < 4.78 is 179. The summed E-state index contributed by atoms with van der Waals surface area (Å²) in [6, 6.07) is 46.8. The molecule has 0 unspecified atom stereocenters. The van der Waals surface area contributed by atoms with Crippen molar-refractivity contribution in [3.8, 4) is 34.5 Å². The van der Waals surface area contributed by atoms with Crippen molar-refractivity contribution in [2.45, 2.75) is 117 Å². The fraction of sp³-hybridized carbons (Fsp3) is 0.357. The van der Waals surface area contributed by atoms with Crippen LogP contribution in [0.3, 0.4) is 0 Å². The SMILES string of the molecule is CC(=O)OC[C@H](CF)Oc1ccc(Br)cc1C(C)(F)F.CC(=O)OC[C@H](CF)Oc1ccc(Br)cc1C(C)=O.CC(=O)c1cc(Br)ccc1O.CC(=O)c1cc(Br)ccc1O[C@@H](CF)COCc1ccccc1.CC(=O)c1cc(Br)ccc1O[C@H](CO)CF.CC(F)(F)c1cc(Br)ccc1O[C@H](CO)CF.O[C@H](CF)COCc1ccccc1. The van der Waals surface area contributed by atoms with Crippen LogP contribution in [0.2, 0.25) is 0 Å². The molecule has 0 radical (unpaired) electrons. The molecular formula is C84H90Br6F10O19. The van der Waals surface area contributed by atoms with Gasteiger partial charge in [0.1, 0.15) is 106 Å². The molecule has 19 nitrogen and oxygen atoms in total. The number of benzene rings is 8. The predicted molar refractivity (Wildman–Crippen MR) is 449 cm³/mol. The van der Waals surface area contributed by atoms with Crippen LogP contribution >= 0.6 is 95.6 Å². The fourth-order valence-corrected chi connectivity index (χ4v) is 11.2. The Morgan fingerprint density at radius 1 is 0.353 bits per heavy atom. The number of aromatic hydroxyl groups is 1. The average molecular weight is 2070 g/mol. The molecule has 0 aliphatic rings. The van der Waals surface area contributed by atoms with Gasteiger partial charge in [-0.3, -0.25) is 28.8 Å². The molecule has 8 rings (SSSR count). The van der Waals surface area contributed by atoms with Crippen LogP contribution in [-0.4, -0.2) is 172 Å². The van der Waals surface area contributed by atoms with Crippen molar-refractivity contribution in [1.82, 2.24) is 0 Å². The number of Topliss-reactive ketones (excluding diaryl/α,β-unsaturated/α-hetero) is 4. The van der Waals surface area contributed by atoms with Gasteiger partial charge in [0.15, 0.2) is 41.4 Å². The van der Waals surface area contributed by atoms with Gasteiger partial charge in [0.25, 0.3) is 11.8 Å². The maximum absolute atomic E-state index is 13.5. The van der Waals surface area contributed by atoms with Crippen LogP contribution in [0.4, 0.5) is 43.9 Å². The maximum Gasteiger partial charge on any atom is 0.302 e. The number of phenolic OH excluding ortho intramolecular Hbond substituents is 1. The highest BCUT2D eigenvalue weighted by atomic mass is 79.9. The van der Waals surface area contributed by atoms with E-state index in [4.69, 9.17) is 58.3 Å². The molecule has 0 saturated carbocycles. The highest BCUT2D eigenvalue weighted by Gasteiger charge is 2.32. The third-order valence-corrected chi connectivity index (χ3v) is 17.8. The van der Waals surface area contributed by atoms with Gasteiger partial charge in [-0.25, -0.2) is 43.9 Å². The van der Waals surface area contributed by atoms with Gasteiger partial charge in [0, 0.05) is 54.5 Å². The lowest BCUT2D eigenvalue weighted by Gasteiger charge is -2.21. The summed E-state index contributed by atoms with van der Waals surface area (Å²) in [5.41, 5.74) is 2.79. The Labute approximate surface area is 733 Å². The van der Waals surface area contributed by atoms with Gasteiger partial charge in [-0.15, -0.1) is 0 Å². The van der Waals surface area contributed by atoms with Crippen LogP contribution in [0.25, 0.3) is 0 Å². The lowest BCUT2D eigenvalue weighted by Crippen LogP contribution is -2.27. The lowest BCUT2D eigenvalue weighted by atomic mass is 10.1. The minimum absolute atomic E-state index is 0.0284. The van der Waals surface area contributed by atoms with E-state index in [2.05, 4.69) is 100 Å². The van der Waals surface area contributed by atoms with E-state index in [9.17, 15) is 72.7 Å². The zero-order chi connectivity index (χ0) is 89.5. The van der Waals surface area contributed by atoms with Crippen molar-refractivity contribution in [2.75, 3.05) is 79.7 Å². The number of aliphatic hydroxyl groups excluding tert-OH is 3. The standard InChI is InChI=1S/C18H18BrFO3.C13H14BrF3O3.C13H14BrFO4.C11H12BrF3O2.C11H12BrFO3.C10H13FO2.C8H7BrO2/c1-13(21)17-9-15(19)7-8-18(17)23-16(10-20)12-22-11-14-5-3-2-4-6-14;1-8(18)19-7-10(6-15)20-12-4-3-9(14)5-11(12)13(2,16)17;1-8(16)12-5-10(14)3-4-13(12)19-11(6-15)7-18-9(2)17;1-11(14,15)9-4-7(12)2-3-10(9)17-8(5-13)6-16;1-7(15)10-4-8(12)2-3-11(10)16-9(5-13)6-14;11-6-10(12)8-13-7-9-4-2-1-3-5-9;1-5(10)7-4-6(9)2-3-8(7)11/h2-9,16H,10-12H2,1H3;3-5,10H,6-7H2,1-2H3;3-5,11H,6-7H2,1-2H3;2-4,8,16H,5-6H2,1H3;2-4,9,14H,5-6H2,1H3;1-5,10,12H,6-8H2;2-4,11H,1H3/t16-;10-;11-;8-;9-;10-;/m000001./s1. The van der Waals surface area contributed by atoms with Crippen LogP contribution < -0.4 is 23.7 Å². The molecule has 652 valence electrons. The van der Waals surface area contributed by atoms with E-state index in [0.717, 1.165) is 42.9 Å². The highest BCUT2D eigenvalue weighted by Crippen LogP contribution is 2.39. The van der Waals surface area contributed by atoms with Gasteiger partial charge >= 0.3 is 11.9 Å². The first-order valence-electron chi connectivity index (χ1n) is 35.5. The number of alkyl halides is 10. The molecule has 0 heterocycles. The Bertz CT molecular complexity index is 4400. The van der Waals surface area contributed by atoms with Crippen LogP contribution in [0.15, 0.2) is 197 Å². The van der Waals surface area contributed by atoms with Crippen molar-refractivity contribution in [1.29, 1.82) is 0 Å². The molecule has 119 heavy (non-hydrogen) atoms. The van der Waals surface area contributed by atoms with E-state index in [-0.39, 0.29) is 89.4 Å². The molecule has 35 heteroatoms. The lowest BCUT2D eigenvalue weighted by molar-refractivity contribution is -0.144. The molecule has 8 aromatic rings. The summed E-state index contributed by atoms with van der Waals surface area (Å²) in [7, 11) is 0. The second kappa shape index (κ2) is 57.4. The van der Waals surface area contributed by atoms with Gasteiger partial charge in [-0.1, -0.05) is 156 Å². The summed E-state index contributed by atoms with van der Waals surface area (Å²) in [6.07, 6.45) is -5.86. The zero-order valence-corrected chi connectivity index (χ0v) is 75.0. The van der Waals surface area contributed by atoms with E-state index in [0.29, 0.717) is 50.2 Å². The molecule has 0 aliphatic carbocycles. The quantitative estimate of drug-likeness (QED) is 0.0161. The number of phenols is 1. The Morgan fingerprint density at radius 3 is 0.908 bits per heavy atom. The van der Waals surface area contributed by atoms with Crippen LogP contribution in [0, 0.1) is 0 Å². The van der Waals surface area contributed by atoms with Crippen LogP contribution in [-0.2, 0) is 53.6 Å². The largest absolute Gasteiger partial charge is 0.507 e. The summed E-state index contributed by atoms with van der Waals surface area (Å²) in [5.74, 6) is -7.30. The average Bonchev–Trinajstić information content (AvgIpc) is 0.822. The number of hydrogen-bond acceptors (Lipinski definition) is 19. The molecule has 0 spiro atoms. The molecule has 8 aromatic carbocycles. The molecule has 4 N–H and O–H groups in total. The first-order valence-corrected chi connectivity index (χ1v) is 40.3. The monoisotopic (exact) mass is 2070 g/mol. The maximum atomic E-state index is 13.5. The molecule has 6 atom stereocenters. The smallest absolute Gasteiger partial charge is 0.302 e.